The van der Waals surface area contributed by atoms with Crippen molar-refractivity contribution in [1.29, 1.82) is 0 Å². The van der Waals surface area contributed by atoms with Gasteiger partial charge in [0.25, 0.3) is 0 Å². The van der Waals surface area contributed by atoms with Crippen LogP contribution in [0, 0.1) is 13.8 Å². The highest BCUT2D eigenvalue weighted by molar-refractivity contribution is 5.87. The molecule has 0 spiro atoms. The van der Waals surface area contributed by atoms with Crippen LogP contribution in [0.25, 0.3) is 11.1 Å². The Kier molecular flexibility index (Phi) is 1.33. The van der Waals surface area contributed by atoms with Crippen molar-refractivity contribution in [2.75, 3.05) is 5.73 Å². The van der Waals surface area contributed by atoms with Gasteiger partial charge in [-0.25, -0.2) is 0 Å². The molecule has 2 aromatic rings. The normalized spacial score (nSPS) is 10.8. The fraction of sp³-hybridized carbons (Fsp3) is 0.222. The van der Waals surface area contributed by atoms with Crippen molar-refractivity contribution in [3.8, 4) is 0 Å². The number of aromatic nitrogens is 1. The van der Waals surface area contributed by atoms with Gasteiger partial charge in [0, 0.05) is 6.20 Å². The minimum atomic E-state index is 0.644. The van der Waals surface area contributed by atoms with Gasteiger partial charge in [-0.1, -0.05) is 0 Å². The molecule has 0 unspecified atom stereocenters. The lowest BCUT2D eigenvalue weighted by atomic mass is 10.3. The van der Waals surface area contributed by atoms with Crippen LogP contribution in [0.4, 0.5) is 5.69 Å². The van der Waals surface area contributed by atoms with Gasteiger partial charge < -0.3 is 10.2 Å². The molecule has 62 valence electrons. The lowest BCUT2D eigenvalue weighted by Gasteiger charge is -1.90. The maximum atomic E-state index is 5.73. The van der Waals surface area contributed by atoms with Crippen molar-refractivity contribution in [1.82, 2.24) is 4.98 Å². The highest BCUT2D eigenvalue weighted by Crippen LogP contribution is 2.25. The number of rotatable bonds is 0. The number of hydrogen-bond acceptors (Lipinski definition) is 3. The number of hydrogen-bond donors (Lipinski definition) is 1. The Morgan fingerprint density at radius 2 is 2.17 bits per heavy atom. The van der Waals surface area contributed by atoms with E-state index in [0.717, 1.165) is 22.4 Å². The second-order valence-corrected chi connectivity index (χ2v) is 2.93. The molecule has 2 aromatic heterocycles. The molecule has 0 amide bonds. The summed E-state index contributed by atoms with van der Waals surface area (Å²) in [6, 6.07) is 1.94. The van der Waals surface area contributed by atoms with Crippen LogP contribution in [0.5, 0.6) is 0 Å². The minimum absolute atomic E-state index is 0.644. The molecule has 0 aliphatic carbocycles. The van der Waals surface area contributed by atoms with Crippen LogP contribution in [0.1, 0.15) is 11.3 Å². The number of furan rings is 1. The van der Waals surface area contributed by atoms with Gasteiger partial charge in [-0.3, -0.25) is 4.98 Å². The van der Waals surface area contributed by atoms with Crippen molar-refractivity contribution in [2.24, 2.45) is 0 Å². The predicted molar refractivity (Wildman–Crippen MR) is 47.9 cm³/mol. The molecule has 0 aliphatic heterocycles. The van der Waals surface area contributed by atoms with Crippen LogP contribution in [-0.2, 0) is 0 Å². The van der Waals surface area contributed by atoms with E-state index in [1.807, 2.05) is 19.9 Å². The Labute approximate surface area is 70.2 Å². The van der Waals surface area contributed by atoms with Gasteiger partial charge in [0.2, 0.25) is 0 Å². The summed E-state index contributed by atoms with van der Waals surface area (Å²) in [6.07, 6.45) is 1.79. The Balaban J connectivity index is 2.87. The van der Waals surface area contributed by atoms with Crippen molar-refractivity contribution < 1.29 is 4.42 Å². The van der Waals surface area contributed by atoms with Crippen molar-refractivity contribution in [3.63, 3.8) is 0 Å². The first-order valence-electron chi connectivity index (χ1n) is 3.79. The Morgan fingerprint density at radius 1 is 1.42 bits per heavy atom. The molecule has 0 saturated carbocycles. The molecule has 12 heavy (non-hydrogen) atoms. The Bertz CT molecular complexity index is 431. The molecule has 3 nitrogen and oxygen atoms in total. The average Bonchev–Trinajstić information content (AvgIpc) is 2.28. The van der Waals surface area contributed by atoms with Crippen molar-refractivity contribution in [2.45, 2.75) is 13.8 Å². The molecular formula is C9H10N2O. The second kappa shape index (κ2) is 2.24. The summed E-state index contributed by atoms with van der Waals surface area (Å²) in [5, 5.41) is 0. The summed E-state index contributed by atoms with van der Waals surface area (Å²) in [5.74, 6) is 0.739. The lowest BCUT2D eigenvalue weighted by molar-refractivity contribution is 0.580. The van der Waals surface area contributed by atoms with Gasteiger partial charge in [0.05, 0.1) is 0 Å². The van der Waals surface area contributed by atoms with E-state index in [1.165, 1.54) is 0 Å². The number of nitrogens with two attached hydrogens (primary N) is 1. The third kappa shape index (κ3) is 0.863. The molecule has 2 rings (SSSR count). The fourth-order valence-corrected chi connectivity index (χ4v) is 1.21. The van der Waals surface area contributed by atoms with Crippen molar-refractivity contribution >= 4 is 16.8 Å². The largest absolute Gasteiger partial charge is 0.457 e. The van der Waals surface area contributed by atoms with Crippen LogP contribution >= 0.6 is 0 Å². The maximum absolute atomic E-state index is 5.73. The summed E-state index contributed by atoms with van der Waals surface area (Å²) < 4.78 is 5.39. The zero-order chi connectivity index (χ0) is 8.72. The molecule has 0 saturated heterocycles. The quantitative estimate of drug-likeness (QED) is 0.644. The zero-order valence-corrected chi connectivity index (χ0v) is 7.09. The molecule has 3 heteroatoms. The second-order valence-electron chi connectivity index (χ2n) is 2.93. The highest BCUT2D eigenvalue weighted by atomic mass is 16.3. The van der Waals surface area contributed by atoms with Crippen LogP contribution in [0.2, 0.25) is 0 Å². The van der Waals surface area contributed by atoms with Crippen LogP contribution < -0.4 is 5.73 Å². The molecular weight excluding hydrogens is 152 g/mol. The topological polar surface area (TPSA) is 52.0 Å². The zero-order valence-electron chi connectivity index (χ0n) is 7.09. The molecule has 0 bridgehead atoms. The van der Waals surface area contributed by atoms with E-state index in [1.54, 1.807) is 6.20 Å². The number of aryl methyl sites for hydroxylation is 2. The number of nitrogens with zero attached hydrogens (tertiary/aromatic N) is 1. The van der Waals surface area contributed by atoms with Gasteiger partial charge in [-0.05, 0) is 25.5 Å². The smallest absolute Gasteiger partial charge is 0.155 e. The lowest BCUT2D eigenvalue weighted by Crippen LogP contribution is -1.86. The summed E-state index contributed by atoms with van der Waals surface area (Å²) in [6.45, 7) is 3.81. The first kappa shape index (κ1) is 7.16. The highest BCUT2D eigenvalue weighted by Gasteiger charge is 2.07. The molecule has 0 aliphatic rings. The fourth-order valence-electron chi connectivity index (χ4n) is 1.21. The van der Waals surface area contributed by atoms with E-state index >= 15 is 0 Å². The minimum Gasteiger partial charge on any atom is -0.457 e. The van der Waals surface area contributed by atoms with Crippen LogP contribution in [0.15, 0.2) is 16.7 Å². The molecule has 2 heterocycles. The van der Waals surface area contributed by atoms with E-state index in [-0.39, 0.29) is 0 Å². The van der Waals surface area contributed by atoms with E-state index < -0.39 is 0 Å². The standard InChI is InChI=1S/C9H10N2O/c1-5-3-7-9(11-4-5)8(10)6(2)12-7/h3-4H,10H2,1-2H3. The molecule has 0 aromatic carbocycles. The van der Waals surface area contributed by atoms with Gasteiger partial charge in [-0.2, -0.15) is 0 Å². The van der Waals surface area contributed by atoms with Gasteiger partial charge >= 0.3 is 0 Å². The predicted octanol–water partition coefficient (Wildman–Crippen LogP) is 2.03. The monoisotopic (exact) mass is 162 g/mol. The van der Waals surface area contributed by atoms with E-state index in [2.05, 4.69) is 4.98 Å². The first-order chi connectivity index (χ1) is 5.68. The average molecular weight is 162 g/mol. The number of fused-ring (bicyclic) bond motifs is 1. The summed E-state index contributed by atoms with van der Waals surface area (Å²) in [5.41, 5.74) is 8.99. The number of pyridine rings is 1. The van der Waals surface area contributed by atoms with E-state index in [9.17, 15) is 0 Å². The SMILES string of the molecule is Cc1cnc2c(N)c(C)oc2c1. The summed E-state index contributed by atoms with van der Waals surface area (Å²) >= 11 is 0. The van der Waals surface area contributed by atoms with Gasteiger partial charge in [-0.15, -0.1) is 0 Å². The van der Waals surface area contributed by atoms with Crippen molar-refractivity contribution in [3.05, 3.63) is 23.6 Å². The van der Waals surface area contributed by atoms with Crippen LogP contribution in [0.3, 0.4) is 0 Å². The third-order valence-corrected chi connectivity index (χ3v) is 1.89. The Morgan fingerprint density at radius 3 is 2.92 bits per heavy atom. The summed E-state index contributed by atoms with van der Waals surface area (Å²) in [4.78, 5) is 4.18. The maximum Gasteiger partial charge on any atom is 0.155 e. The number of anilines is 1. The molecule has 2 N–H and O–H groups in total. The third-order valence-electron chi connectivity index (χ3n) is 1.89. The van der Waals surface area contributed by atoms with E-state index in [4.69, 9.17) is 10.2 Å². The molecule has 0 fully saturated rings. The van der Waals surface area contributed by atoms with E-state index in [0.29, 0.717) is 5.69 Å². The number of nitrogen functional groups attached to an aromatic ring is 1. The van der Waals surface area contributed by atoms with Gasteiger partial charge in [0.15, 0.2) is 5.58 Å². The molecule has 0 radical (unpaired) electrons. The Hall–Kier alpha value is -1.51. The van der Waals surface area contributed by atoms with Gasteiger partial charge in [0.1, 0.15) is 17.0 Å². The first-order valence-corrected chi connectivity index (χ1v) is 3.79. The summed E-state index contributed by atoms with van der Waals surface area (Å²) in [7, 11) is 0. The van der Waals surface area contributed by atoms with Crippen LogP contribution in [-0.4, -0.2) is 4.98 Å². The molecule has 0 atom stereocenters.